The molecule has 0 aliphatic heterocycles. The molecule has 2 heteroatoms. The van der Waals surface area contributed by atoms with Crippen molar-refractivity contribution in [2.45, 2.75) is 32.7 Å². The van der Waals surface area contributed by atoms with Gasteiger partial charge in [-0.25, -0.2) is 0 Å². The van der Waals surface area contributed by atoms with E-state index in [1.54, 1.807) is 0 Å². The molecule has 15 heavy (non-hydrogen) atoms. The van der Waals surface area contributed by atoms with Crippen molar-refractivity contribution >= 4 is 0 Å². The third-order valence-corrected chi connectivity index (χ3v) is 2.38. The van der Waals surface area contributed by atoms with Gasteiger partial charge in [-0.1, -0.05) is 37.6 Å². The highest BCUT2D eigenvalue weighted by Gasteiger charge is 1.94. The number of alkyl halides is 1. The molecule has 0 atom stereocenters. The topological polar surface area (TPSA) is 12.0 Å². The zero-order chi connectivity index (χ0) is 10.9. The molecule has 0 radical (unpaired) electrons. The van der Waals surface area contributed by atoms with Gasteiger partial charge in [0, 0.05) is 6.54 Å². The van der Waals surface area contributed by atoms with Crippen molar-refractivity contribution in [3.05, 3.63) is 35.4 Å². The molecule has 0 aromatic heterocycles. The van der Waals surface area contributed by atoms with E-state index in [-0.39, 0.29) is 6.67 Å². The first-order valence-electron chi connectivity index (χ1n) is 5.71. The first-order chi connectivity index (χ1) is 7.36. The number of nitrogens with one attached hydrogen (secondary N) is 1. The van der Waals surface area contributed by atoms with Crippen LogP contribution in [0.4, 0.5) is 4.39 Å². The molecule has 0 amide bonds. The summed E-state index contributed by atoms with van der Waals surface area (Å²) in [4.78, 5) is 0. The zero-order valence-corrected chi connectivity index (χ0v) is 9.43. The number of benzene rings is 1. The first-order valence-corrected chi connectivity index (χ1v) is 5.71. The molecule has 1 N–H and O–H groups in total. The van der Waals surface area contributed by atoms with E-state index in [9.17, 15) is 4.39 Å². The molecule has 84 valence electrons. The molecule has 1 aromatic rings. The maximum Gasteiger partial charge on any atom is 0.0906 e. The molecular weight excluding hydrogens is 189 g/mol. The maximum atomic E-state index is 11.8. The fraction of sp³-hybridized carbons (Fsp3) is 0.538. The second-order valence-electron chi connectivity index (χ2n) is 3.79. The van der Waals surface area contributed by atoms with Gasteiger partial charge in [-0.05, 0) is 30.5 Å². The quantitative estimate of drug-likeness (QED) is 0.680. The number of halogens is 1. The van der Waals surface area contributed by atoms with E-state index in [0.29, 0.717) is 6.42 Å². The molecule has 0 heterocycles. The van der Waals surface area contributed by atoms with Gasteiger partial charge in [0.05, 0.1) is 6.67 Å². The molecular formula is C13H20FN. The van der Waals surface area contributed by atoms with Gasteiger partial charge in [0.15, 0.2) is 0 Å². The highest BCUT2D eigenvalue weighted by atomic mass is 19.1. The maximum absolute atomic E-state index is 11.8. The van der Waals surface area contributed by atoms with Crippen molar-refractivity contribution in [1.29, 1.82) is 0 Å². The Morgan fingerprint density at radius 2 is 1.80 bits per heavy atom. The van der Waals surface area contributed by atoms with E-state index in [2.05, 4.69) is 36.5 Å². The Kier molecular flexibility index (Phi) is 6.02. The van der Waals surface area contributed by atoms with Crippen molar-refractivity contribution in [1.82, 2.24) is 5.32 Å². The fourth-order valence-electron chi connectivity index (χ4n) is 1.54. The van der Waals surface area contributed by atoms with Crippen molar-refractivity contribution in [2.75, 3.05) is 13.2 Å². The lowest BCUT2D eigenvalue weighted by Gasteiger charge is -2.04. The van der Waals surface area contributed by atoms with Gasteiger partial charge in [0.2, 0.25) is 0 Å². The Balaban J connectivity index is 2.29. The van der Waals surface area contributed by atoms with Gasteiger partial charge in [0.25, 0.3) is 0 Å². The Bertz CT molecular complexity index is 256. The van der Waals surface area contributed by atoms with Gasteiger partial charge >= 0.3 is 0 Å². The SMILES string of the molecule is CCCc1ccc(CNCCCF)cc1. The lowest BCUT2D eigenvalue weighted by Crippen LogP contribution is -2.15. The van der Waals surface area contributed by atoms with Crippen LogP contribution in [0.2, 0.25) is 0 Å². The summed E-state index contributed by atoms with van der Waals surface area (Å²) in [5.41, 5.74) is 2.67. The van der Waals surface area contributed by atoms with Crippen LogP contribution < -0.4 is 5.32 Å². The Morgan fingerprint density at radius 3 is 2.40 bits per heavy atom. The monoisotopic (exact) mass is 209 g/mol. The molecule has 0 fully saturated rings. The van der Waals surface area contributed by atoms with Crippen LogP contribution in [0.3, 0.4) is 0 Å². The normalized spacial score (nSPS) is 10.5. The summed E-state index contributed by atoms with van der Waals surface area (Å²) in [5, 5.41) is 3.21. The minimum absolute atomic E-state index is 0.234. The number of rotatable bonds is 7. The van der Waals surface area contributed by atoms with Gasteiger partial charge in [-0.15, -0.1) is 0 Å². The van der Waals surface area contributed by atoms with E-state index in [1.165, 1.54) is 17.5 Å². The van der Waals surface area contributed by atoms with Gasteiger partial charge in [-0.3, -0.25) is 4.39 Å². The average molecular weight is 209 g/mol. The molecule has 1 aromatic carbocycles. The molecule has 0 bridgehead atoms. The van der Waals surface area contributed by atoms with Crippen LogP contribution in [0.1, 0.15) is 30.9 Å². The summed E-state index contributed by atoms with van der Waals surface area (Å²) in [7, 11) is 0. The smallest absolute Gasteiger partial charge is 0.0906 e. The van der Waals surface area contributed by atoms with E-state index < -0.39 is 0 Å². The largest absolute Gasteiger partial charge is 0.313 e. The lowest BCUT2D eigenvalue weighted by atomic mass is 10.1. The number of hydrogen-bond donors (Lipinski definition) is 1. The number of hydrogen-bond acceptors (Lipinski definition) is 1. The summed E-state index contributed by atoms with van der Waals surface area (Å²) >= 11 is 0. The molecule has 0 unspecified atom stereocenters. The summed E-state index contributed by atoms with van der Waals surface area (Å²) in [5.74, 6) is 0. The second kappa shape index (κ2) is 7.41. The molecule has 0 aliphatic rings. The van der Waals surface area contributed by atoms with Crippen molar-refractivity contribution < 1.29 is 4.39 Å². The molecule has 0 saturated carbocycles. The minimum Gasteiger partial charge on any atom is -0.313 e. The Labute approximate surface area is 91.7 Å². The zero-order valence-electron chi connectivity index (χ0n) is 9.43. The van der Waals surface area contributed by atoms with Gasteiger partial charge in [0.1, 0.15) is 0 Å². The second-order valence-corrected chi connectivity index (χ2v) is 3.79. The molecule has 0 saturated heterocycles. The van der Waals surface area contributed by atoms with Crippen LogP contribution in [0.5, 0.6) is 0 Å². The minimum atomic E-state index is -0.234. The predicted molar refractivity (Wildman–Crippen MR) is 62.7 cm³/mol. The first kappa shape index (κ1) is 12.2. The average Bonchev–Trinajstić information content (AvgIpc) is 2.27. The predicted octanol–water partition coefficient (Wildman–Crippen LogP) is 3.09. The van der Waals surface area contributed by atoms with Crippen molar-refractivity contribution in [3.63, 3.8) is 0 Å². The van der Waals surface area contributed by atoms with E-state index >= 15 is 0 Å². The summed E-state index contributed by atoms with van der Waals surface area (Å²) in [6.07, 6.45) is 2.94. The fourth-order valence-corrected chi connectivity index (χ4v) is 1.54. The van der Waals surface area contributed by atoms with E-state index in [4.69, 9.17) is 0 Å². The van der Waals surface area contributed by atoms with Crippen LogP contribution in [-0.4, -0.2) is 13.2 Å². The van der Waals surface area contributed by atoms with Gasteiger partial charge < -0.3 is 5.32 Å². The standard InChI is InChI=1S/C13H20FN/c1-2-4-12-5-7-13(8-6-12)11-15-10-3-9-14/h5-8,15H,2-4,9-11H2,1H3. The van der Waals surface area contributed by atoms with Crippen LogP contribution in [0.25, 0.3) is 0 Å². The highest BCUT2D eigenvalue weighted by Crippen LogP contribution is 2.06. The molecule has 0 spiro atoms. The lowest BCUT2D eigenvalue weighted by molar-refractivity contribution is 0.459. The van der Waals surface area contributed by atoms with Crippen LogP contribution >= 0.6 is 0 Å². The third kappa shape index (κ3) is 4.93. The molecule has 1 rings (SSSR count). The van der Waals surface area contributed by atoms with Crippen LogP contribution in [0.15, 0.2) is 24.3 Å². The molecule has 1 nitrogen and oxygen atoms in total. The Hall–Kier alpha value is -0.890. The van der Waals surface area contributed by atoms with E-state index in [1.807, 2.05) is 0 Å². The summed E-state index contributed by atoms with van der Waals surface area (Å²) in [6.45, 7) is 3.55. The summed E-state index contributed by atoms with van der Waals surface area (Å²) < 4.78 is 11.8. The highest BCUT2D eigenvalue weighted by molar-refractivity contribution is 5.22. The van der Waals surface area contributed by atoms with Crippen molar-refractivity contribution in [3.8, 4) is 0 Å². The van der Waals surface area contributed by atoms with Crippen LogP contribution in [0, 0.1) is 0 Å². The Morgan fingerprint density at radius 1 is 1.13 bits per heavy atom. The van der Waals surface area contributed by atoms with Crippen LogP contribution in [-0.2, 0) is 13.0 Å². The molecule has 0 aliphatic carbocycles. The van der Waals surface area contributed by atoms with Crippen molar-refractivity contribution in [2.24, 2.45) is 0 Å². The van der Waals surface area contributed by atoms with E-state index in [0.717, 1.165) is 19.5 Å². The third-order valence-electron chi connectivity index (χ3n) is 2.38. The summed E-state index contributed by atoms with van der Waals surface area (Å²) in [6, 6.07) is 8.65. The number of aryl methyl sites for hydroxylation is 1. The van der Waals surface area contributed by atoms with Gasteiger partial charge in [-0.2, -0.15) is 0 Å².